The van der Waals surface area contributed by atoms with Crippen LogP contribution in [0.25, 0.3) is 0 Å². The van der Waals surface area contributed by atoms with Gasteiger partial charge in [-0.05, 0) is 24.5 Å². The molecule has 1 saturated heterocycles. The molecule has 0 radical (unpaired) electrons. The van der Waals surface area contributed by atoms with Crippen LogP contribution in [-0.4, -0.2) is 60.1 Å². The summed E-state index contributed by atoms with van der Waals surface area (Å²) in [5, 5.41) is 10.9. The van der Waals surface area contributed by atoms with Crippen molar-refractivity contribution in [2.24, 2.45) is 0 Å². The molecular formula is C18H22Cl2N2O5. The Bertz CT molecular complexity index is 705. The first-order valence-electron chi connectivity index (χ1n) is 8.52. The van der Waals surface area contributed by atoms with Gasteiger partial charge in [0.15, 0.2) is 0 Å². The second-order valence-corrected chi connectivity index (χ2v) is 7.28. The Morgan fingerprint density at radius 3 is 2.48 bits per heavy atom. The number of methoxy groups -OCH3 is 1. The van der Waals surface area contributed by atoms with Crippen molar-refractivity contribution in [3.63, 3.8) is 0 Å². The molecule has 0 saturated carbocycles. The lowest BCUT2D eigenvalue weighted by atomic mass is 9.87. The van der Waals surface area contributed by atoms with Gasteiger partial charge in [0.2, 0.25) is 5.91 Å². The van der Waals surface area contributed by atoms with Gasteiger partial charge in [0.05, 0.1) is 13.5 Å². The number of likely N-dealkylation sites (tertiary alicyclic amines) is 1. The number of rotatable bonds is 7. The molecular weight excluding hydrogens is 395 g/mol. The second-order valence-electron chi connectivity index (χ2n) is 6.43. The summed E-state index contributed by atoms with van der Waals surface area (Å²) >= 11 is 12.4. The normalized spacial score (nSPS) is 17.7. The number of hydrogen-bond acceptors (Lipinski definition) is 5. The molecule has 0 aromatic heterocycles. The van der Waals surface area contributed by atoms with Crippen molar-refractivity contribution in [2.45, 2.75) is 30.2 Å². The summed E-state index contributed by atoms with van der Waals surface area (Å²) in [5.74, 6) is -1.95. The highest BCUT2D eigenvalue weighted by atomic mass is 35.5. The van der Waals surface area contributed by atoms with Gasteiger partial charge in [-0.3, -0.25) is 9.59 Å². The largest absolute Gasteiger partial charge is 0.481 e. The highest BCUT2D eigenvalue weighted by Gasteiger charge is 2.44. The number of piperidine rings is 1. The van der Waals surface area contributed by atoms with Crippen LogP contribution in [0.3, 0.4) is 0 Å². The Morgan fingerprint density at radius 1 is 1.30 bits per heavy atom. The van der Waals surface area contributed by atoms with Crippen molar-refractivity contribution < 1.29 is 24.2 Å². The molecule has 0 spiro atoms. The van der Waals surface area contributed by atoms with Gasteiger partial charge in [0.1, 0.15) is 10.9 Å². The second kappa shape index (κ2) is 9.39. The van der Waals surface area contributed by atoms with Crippen molar-refractivity contribution in [1.29, 1.82) is 0 Å². The van der Waals surface area contributed by atoms with Crippen LogP contribution >= 0.6 is 23.2 Å². The lowest BCUT2D eigenvalue weighted by Crippen LogP contribution is -2.61. The number of ether oxygens (including phenoxy) is 1. The van der Waals surface area contributed by atoms with Gasteiger partial charge in [-0.2, -0.15) is 0 Å². The van der Waals surface area contributed by atoms with Crippen LogP contribution in [0.5, 0.6) is 0 Å². The maximum absolute atomic E-state index is 12.7. The summed E-state index contributed by atoms with van der Waals surface area (Å²) in [5.41, 5.74) is -0.739. The third-order valence-corrected chi connectivity index (χ3v) is 5.48. The van der Waals surface area contributed by atoms with E-state index >= 15 is 0 Å². The van der Waals surface area contributed by atoms with Crippen molar-refractivity contribution in [3.05, 3.63) is 34.9 Å². The highest BCUT2D eigenvalue weighted by Crippen LogP contribution is 2.30. The first kappa shape index (κ1) is 21.5. The van der Waals surface area contributed by atoms with Crippen LogP contribution in [-0.2, 0) is 19.1 Å². The van der Waals surface area contributed by atoms with Crippen LogP contribution in [0, 0.1) is 0 Å². The minimum Gasteiger partial charge on any atom is -0.481 e. The molecule has 1 aliphatic rings. The molecule has 148 valence electrons. The van der Waals surface area contributed by atoms with Crippen LogP contribution in [0.2, 0.25) is 5.02 Å². The predicted octanol–water partition coefficient (Wildman–Crippen LogP) is 2.22. The number of halogens is 2. The van der Waals surface area contributed by atoms with E-state index in [4.69, 9.17) is 33.0 Å². The van der Waals surface area contributed by atoms with E-state index in [0.29, 0.717) is 43.1 Å². The third-order valence-electron chi connectivity index (χ3n) is 4.70. The molecule has 7 nitrogen and oxygen atoms in total. The average Bonchev–Trinajstić information content (AvgIpc) is 2.66. The zero-order valence-electron chi connectivity index (χ0n) is 14.9. The molecule has 0 aliphatic carbocycles. The molecule has 2 rings (SSSR count). The molecule has 9 heteroatoms. The van der Waals surface area contributed by atoms with E-state index in [9.17, 15) is 14.4 Å². The maximum Gasteiger partial charge on any atom is 0.331 e. The molecule has 1 fully saturated rings. The van der Waals surface area contributed by atoms with Crippen molar-refractivity contribution in [1.82, 2.24) is 10.2 Å². The number of benzene rings is 1. The minimum absolute atomic E-state index is 0.0217. The first-order valence-corrected chi connectivity index (χ1v) is 9.33. The number of nitrogens with zero attached hydrogens (tertiary/aromatic N) is 1. The average molecular weight is 417 g/mol. The number of amides is 1. The fourth-order valence-electron chi connectivity index (χ4n) is 3.11. The standard InChI is InChI=1S/C18H22Cl2N2O5/c1-27-17(26)18(7-10-22(11-8-18)9-6-14(23)24)21-16(25)15(20)12-4-2-3-5-13(12)19/h2-5,15H,6-11H2,1H3,(H,21,25)(H,23,24). The lowest BCUT2D eigenvalue weighted by Gasteiger charge is -2.40. The first-order chi connectivity index (χ1) is 12.8. The number of nitrogens with one attached hydrogen (secondary N) is 1. The fraction of sp³-hybridized carbons (Fsp3) is 0.500. The molecule has 0 bridgehead atoms. The summed E-state index contributed by atoms with van der Waals surface area (Å²) in [4.78, 5) is 37.8. The molecule has 2 N–H and O–H groups in total. The van der Waals surface area contributed by atoms with Crippen molar-refractivity contribution in [2.75, 3.05) is 26.7 Å². The topological polar surface area (TPSA) is 95.9 Å². The molecule has 1 unspecified atom stereocenters. The fourth-order valence-corrected chi connectivity index (χ4v) is 3.65. The van der Waals surface area contributed by atoms with Gasteiger partial charge in [-0.1, -0.05) is 29.8 Å². The smallest absolute Gasteiger partial charge is 0.331 e. The summed E-state index contributed by atoms with van der Waals surface area (Å²) in [6.45, 7) is 1.31. The van der Waals surface area contributed by atoms with Crippen LogP contribution in [0.15, 0.2) is 24.3 Å². The number of aliphatic carboxylic acids is 1. The van der Waals surface area contributed by atoms with E-state index in [1.165, 1.54) is 7.11 Å². The molecule has 1 atom stereocenters. The predicted molar refractivity (Wildman–Crippen MR) is 101 cm³/mol. The zero-order valence-corrected chi connectivity index (χ0v) is 16.4. The number of alkyl halides is 1. The quantitative estimate of drug-likeness (QED) is 0.522. The summed E-state index contributed by atoms with van der Waals surface area (Å²) < 4.78 is 4.90. The van der Waals surface area contributed by atoms with Gasteiger partial charge < -0.3 is 20.1 Å². The Balaban J connectivity index is 2.09. The van der Waals surface area contributed by atoms with Gasteiger partial charge in [-0.25, -0.2) is 4.79 Å². The number of carbonyl (C=O) groups is 3. The van der Waals surface area contributed by atoms with E-state index in [1.54, 1.807) is 24.3 Å². The lowest BCUT2D eigenvalue weighted by molar-refractivity contribution is -0.153. The van der Waals surface area contributed by atoms with Crippen molar-refractivity contribution in [3.8, 4) is 0 Å². The van der Waals surface area contributed by atoms with E-state index < -0.39 is 28.8 Å². The van der Waals surface area contributed by atoms with Gasteiger partial charge in [0, 0.05) is 24.7 Å². The van der Waals surface area contributed by atoms with Crippen molar-refractivity contribution >= 4 is 41.0 Å². The van der Waals surface area contributed by atoms with E-state index in [1.807, 2.05) is 4.90 Å². The maximum atomic E-state index is 12.7. The number of hydrogen-bond donors (Lipinski definition) is 2. The summed E-state index contributed by atoms with van der Waals surface area (Å²) in [6.07, 6.45) is 0.627. The number of carboxylic acids is 1. The van der Waals surface area contributed by atoms with Gasteiger partial charge >= 0.3 is 11.9 Å². The Hall–Kier alpha value is -1.83. The monoisotopic (exact) mass is 416 g/mol. The minimum atomic E-state index is -1.19. The van der Waals surface area contributed by atoms with E-state index in [0.717, 1.165) is 0 Å². The molecule has 1 aromatic carbocycles. The van der Waals surface area contributed by atoms with E-state index in [-0.39, 0.29) is 6.42 Å². The van der Waals surface area contributed by atoms with Crippen LogP contribution in [0.4, 0.5) is 0 Å². The molecule has 1 aromatic rings. The summed E-state index contributed by atoms with van der Waals surface area (Å²) in [7, 11) is 1.26. The molecule has 1 aliphatic heterocycles. The van der Waals surface area contributed by atoms with Crippen LogP contribution < -0.4 is 5.32 Å². The molecule has 1 heterocycles. The number of esters is 1. The SMILES string of the molecule is COC(=O)C1(NC(=O)C(Cl)c2ccccc2Cl)CCN(CCC(=O)O)CC1. The number of carbonyl (C=O) groups excluding carboxylic acids is 2. The third kappa shape index (κ3) is 5.34. The van der Waals surface area contributed by atoms with E-state index in [2.05, 4.69) is 5.32 Å². The molecule has 1 amide bonds. The Labute approximate surface area is 167 Å². The Kier molecular flexibility index (Phi) is 7.47. The summed E-state index contributed by atoms with van der Waals surface area (Å²) in [6, 6.07) is 6.74. The van der Waals surface area contributed by atoms with Gasteiger partial charge in [-0.15, -0.1) is 11.6 Å². The molecule has 27 heavy (non-hydrogen) atoms. The zero-order chi connectivity index (χ0) is 20.0. The van der Waals surface area contributed by atoms with Crippen LogP contribution in [0.1, 0.15) is 30.2 Å². The Morgan fingerprint density at radius 2 is 1.93 bits per heavy atom. The highest BCUT2D eigenvalue weighted by molar-refractivity contribution is 6.36. The number of carboxylic acid groups (broad SMARTS) is 1. The van der Waals surface area contributed by atoms with Gasteiger partial charge in [0.25, 0.3) is 0 Å².